The molecule has 0 saturated carbocycles. The van der Waals surface area contributed by atoms with Gasteiger partial charge in [0.05, 0.1) is 6.54 Å². The van der Waals surface area contributed by atoms with Crippen LogP contribution in [0.25, 0.3) is 0 Å². The Labute approximate surface area is 113 Å². The number of benzene rings is 1. The highest BCUT2D eigenvalue weighted by molar-refractivity contribution is 9.10. The fraction of sp³-hybridized carbons (Fsp3) is 0.231. The maximum atomic E-state index is 5.81. The summed E-state index contributed by atoms with van der Waals surface area (Å²) in [4.78, 5) is 3.81. The summed E-state index contributed by atoms with van der Waals surface area (Å²) in [6.45, 7) is 2.08. The molecule has 0 spiro atoms. The molecule has 0 radical (unpaired) electrons. The maximum absolute atomic E-state index is 5.81. The van der Waals surface area contributed by atoms with Gasteiger partial charge in [-0.25, -0.2) is 0 Å². The number of nitrogens with zero attached hydrogens (tertiary/aromatic N) is 1. The van der Waals surface area contributed by atoms with Crippen molar-refractivity contribution in [3.63, 3.8) is 0 Å². The van der Waals surface area contributed by atoms with Gasteiger partial charge in [-0.3, -0.25) is 0 Å². The third-order valence-corrected chi connectivity index (χ3v) is 4.75. The molecule has 0 bridgehead atoms. The molecule has 0 atom stereocenters. The lowest BCUT2D eigenvalue weighted by Gasteiger charge is -2.18. The van der Waals surface area contributed by atoms with E-state index in [2.05, 4.69) is 44.4 Å². The average Bonchev–Trinajstić information content (AvgIpc) is 2.86. The first-order valence-electron chi connectivity index (χ1n) is 5.58. The smallest absolute Gasteiger partial charge is 0.0523 e. The van der Waals surface area contributed by atoms with Crippen LogP contribution >= 0.6 is 27.3 Å². The molecule has 2 heterocycles. The van der Waals surface area contributed by atoms with Gasteiger partial charge in [0.25, 0.3) is 0 Å². The zero-order chi connectivity index (χ0) is 11.8. The van der Waals surface area contributed by atoms with E-state index in [1.807, 2.05) is 6.07 Å². The van der Waals surface area contributed by atoms with Gasteiger partial charge in [-0.05, 0) is 52.2 Å². The highest BCUT2D eigenvalue weighted by Crippen LogP contribution is 2.32. The van der Waals surface area contributed by atoms with Crippen molar-refractivity contribution in [3.05, 3.63) is 44.6 Å². The minimum atomic E-state index is 0.865. The van der Waals surface area contributed by atoms with Gasteiger partial charge in [0, 0.05) is 32.6 Å². The second kappa shape index (κ2) is 4.35. The summed E-state index contributed by atoms with van der Waals surface area (Å²) in [6, 6.07) is 8.42. The lowest BCUT2D eigenvalue weighted by Crippen LogP contribution is -2.18. The van der Waals surface area contributed by atoms with Crippen LogP contribution in [0.4, 0.5) is 11.4 Å². The van der Waals surface area contributed by atoms with E-state index >= 15 is 0 Å². The largest absolute Gasteiger partial charge is 0.399 e. The number of halogens is 1. The monoisotopic (exact) mass is 308 g/mol. The van der Waals surface area contributed by atoms with Crippen molar-refractivity contribution in [2.24, 2.45) is 0 Å². The lowest BCUT2D eigenvalue weighted by atomic mass is 10.1. The molecule has 2 nitrogen and oxygen atoms in total. The van der Waals surface area contributed by atoms with E-state index in [9.17, 15) is 0 Å². The van der Waals surface area contributed by atoms with E-state index in [1.165, 1.54) is 20.6 Å². The highest BCUT2D eigenvalue weighted by atomic mass is 79.9. The molecular weight excluding hydrogens is 296 g/mol. The zero-order valence-electron chi connectivity index (χ0n) is 9.32. The summed E-state index contributed by atoms with van der Waals surface area (Å²) in [5.41, 5.74) is 9.39. The van der Waals surface area contributed by atoms with Gasteiger partial charge in [-0.2, -0.15) is 0 Å². The molecule has 1 aromatic carbocycles. The van der Waals surface area contributed by atoms with Gasteiger partial charge in [0.2, 0.25) is 0 Å². The quantitative estimate of drug-likeness (QED) is 0.858. The molecule has 1 aromatic heterocycles. The first kappa shape index (κ1) is 11.1. The number of rotatable bonds is 2. The lowest BCUT2D eigenvalue weighted by molar-refractivity contribution is 0.846. The molecule has 3 rings (SSSR count). The predicted octanol–water partition coefficient (Wildman–Crippen LogP) is 3.66. The van der Waals surface area contributed by atoms with Crippen molar-refractivity contribution in [1.82, 2.24) is 0 Å². The molecule has 4 heteroatoms. The third kappa shape index (κ3) is 2.19. The highest BCUT2D eigenvalue weighted by Gasteiger charge is 2.19. The minimum absolute atomic E-state index is 0.865. The van der Waals surface area contributed by atoms with Gasteiger partial charge < -0.3 is 10.6 Å². The number of fused-ring (bicyclic) bond motifs is 1. The van der Waals surface area contributed by atoms with Crippen LogP contribution in [-0.2, 0) is 13.0 Å². The van der Waals surface area contributed by atoms with Crippen LogP contribution in [0.5, 0.6) is 0 Å². The molecule has 0 unspecified atom stereocenters. The Morgan fingerprint density at radius 1 is 1.35 bits per heavy atom. The summed E-state index contributed by atoms with van der Waals surface area (Å²) < 4.78 is 1.18. The molecule has 0 fully saturated rings. The van der Waals surface area contributed by atoms with Crippen LogP contribution in [0.15, 0.2) is 34.1 Å². The molecular formula is C13H13BrN2S. The molecule has 0 amide bonds. The van der Waals surface area contributed by atoms with Crippen molar-refractivity contribution >= 4 is 38.6 Å². The summed E-state index contributed by atoms with van der Waals surface area (Å²) in [6.07, 6.45) is 1.10. The summed E-state index contributed by atoms with van der Waals surface area (Å²) in [7, 11) is 0. The van der Waals surface area contributed by atoms with Crippen molar-refractivity contribution in [1.29, 1.82) is 0 Å². The topological polar surface area (TPSA) is 29.3 Å². The first-order chi connectivity index (χ1) is 8.22. The number of anilines is 2. The molecule has 17 heavy (non-hydrogen) atoms. The van der Waals surface area contributed by atoms with Gasteiger partial charge in [0.15, 0.2) is 0 Å². The SMILES string of the molecule is Nc1ccc2c(c1)CCN2Cc1cc(Br)cs1. The minimum Gasteiger partial charge on any atom is -0.399 e. The van der Waals surface area contributed by atoms with E-state index in [4.69, 9.17) is 5.73 Å². The summed E-state index contributed by atoms with van der Waals surface area (Å²) >= 11 is 5.30. The number of hydrogen-bond donors (Lipinski definition) is 1. The van der Waals surface area contributed by atoms with E-state index < -0.39 is 0 Å². The van der Waals surface area contributed by atoms with Crippen LogP contribution in [-0.4, -0.2) is 6.54 Å². The van der Waals surface area contributed by atoms with Gasteiger partial charge >= 0.3 is 0 Å². The van der Waals surface area contributed by atoms with Crippen LogP contribution in [0.3, 0.4) is 0 Å². The first-order valence-corrected chi connectivity index (χ1v) is 7.26. The third-order valence-electron chi connectivity index (χ3n) is 3.06. The van der Waals surface area contributed by atoms with Gasteiger partial charge in [-0.15, -0.1) is 11.3 Å². The van der Waals surface area contributed by atoms with Crippen molar-refractivity contribution in [3.8, 4) is 0 Å². The van der Waals surface area contributed by atoms with Gasteiger partial charge in [0.1, 0.15) is 0 Å². The van der Waals surface area contributed by atoms with Crippen molar-refractivity contribution in [2.75, 3.05) is 17.2 Å². The van der Waals surface area contributed by atoms with Crippen molar-refractivity contribution in [2.45, 2.75) is 13.0 Å². The van der Waals surface area contributed by atoms with E-state index in [1.54, 1.807) is 11.3 Å². The second-order valence-electron chi connectivity index (χ2n) is 4.29. The Bertz CT molecular complexity index is 550. The number of nitrogens with two attached hydrogens (primary N) is 1. The Kier molecular flexibility index (Phi) is 2.84. The van der Waals surface area contributed by atoms with Crippen LogP contribution in [0, 0.1) is 0 Å². The fourth-order valence-corrected chi connectivity index (χ4v) is 3.74. The summed E-state index contributed by atoms with van der Waals surface area (Å²) in [5.74, 6) is 0. The number of nitrogen functional groups attached to an aromatic ring is 1. The number of hydrogen-bond acceptors (Lipinski definition) is 3. The normalized spacial score (nSPS) is 14.1. The van der Waals surface area contributed by atoms with Crippen LogP contribution < -0.4 is 10.6 Å². The Balaban J connectivity index is 1.84. The average molecular weight is 309 g/mol. The molecule has 0 saturated heterocycles. The molecule has 1 aliphatic heterocycles. The van der Waals surface area contributed by atoms with Crippen molar-refractivity contribution < 1.29 is 0 Å². The van der Waals surface area contributed by atoms with Crippen LogP contribution in [0.1, 0.15) is 10.4 Å². The van der Waals surface area contributed by atoms with Crippen LogP contribution in [0.2, 0.25) is 0 Å². The standard InChI is InChI=1S/C13H13BrN2S/c14-10-6-12(17-8-10)7-16-4-3-9-5-11(15)1-2-13(9)16/h1-2,5-6,8H,3-4,7,15H2. The second-order valence-corrected chi connectivity index (χ2v) is 6.20. The molecule has 2 N–H and O–H groups in total. The van der Waals surface area contributed by atoms with E-state index in [0.717, 1.165) is 25.2 Å². The van der Waals surface area contributed by atoms with E-state index in [-0.39, 0.29) is 0 Å². The zero-order valence-corrected chi connectivity index (χ0v) is 11.7. The Morgan fingerprint density at radius 2 is 2.24 bits per heavy atom. The molecule has 88 valence electrons. The Morgan fingerprint density at radius 3 is 3.00 bits per heavy atom. The van der Waals surface area contributed by atoms with E-state index in [0.29, 0.717) is 0 Å². The molecule has 1 aliphatic rings. The number of thiophene rings is 1. The fourth-order valence-electron chi connectivity index (χ4n) is 2.28. The van der Waals surface area contributed by atoms with Gasteiger partial charge in [-0.1, -0.05) is 0 Å². The molecule has 0 aliphatic carbocycles. The Hall–Kier alpha value is -1.000. The molecule has 2 aromatic rings. The predicted molar refractivity (Wildman–Crippen MR) is 77.6 cm³/mol. The summed E-state index contributed by atoms with van der Waals surface area (Å²) in [5, 5.41) is 2.13. The maximum Gasteiger partial charge on any atom is 0.0523 e.